The summed E-state index contributed by atoms with van der Waals surface area (Å²) in [4.78, 5) is 14.3. The smallest absolute Gasteiger partial charge is 0.254 e. The molecule has 1 heterocycles. The Morgan fingerprint density at radius 3 is 2.58 bits per heavy atom. The van der Waals surface area contributed by atoms with Gasteiger partial charge in [0.2, 0.25) is 0 Å². The number of amides is 1. The van der Waals surface area contributed by atoms with Crippen molar-refractivity contribution in [3.8, 4) is 0 Å². The molecule has 1 atom stereocenters. The molecule has 0 aromatic carbocycles. The van der Waals surface area contributed by atoms with Crippen LogP contribution in [0.4, 0.5) is 0 Å². The van der Waals surface area contributed by atoms with Crippen molar-refractivity contribution in [1.82, 2.24) is 20.4 Å². The number of halogens is 2. The molecule has 106 valence electrons. The highest BCUT2D eigenvalue weighted by atomic mass is 35.5. The highest BCUT2D eigenvalue weighted by molar-refractivity contribution is 6.34. The maximum atomic E-state index is 12.0. The van der Waals surface area contributed by atoms with Gasteiger partial charge in [-0.3, -0.25) is 4.79 Å². The van der Waals surface area contributed by atoms with Crippen molar-refractivity contribution in [2.75, 3.05) is 19.6 Å². The fraction of sp³-hybridized carbons (Fsp3) is 0.583. The van der Waals surface area contributed by atoms with Crippen LogP contribution >= 0.6 is 23.2 Å². The average Bonchev–Trinajstić information content (AvgIpc) is 2.38. The predicted molar refractivity (Wildman–Crippen MR) is 76.8 cm³/mol. The van der Waals surface area contributed by atoms with Crippen molar-refractivity contribution in [2.24, 2.45) is 0 Å². The normalized spacial score (nSPS) is 12.5. The summed E-state index contributed by atoms with van der Waals surface area (Å²) in [6, 6.07) is 1.42. The minimum absolute atomic E-state index is 0.00964. The largest absolute Gasteiger partial charge is 0.348 e. The van der Waals surface area contributed by atoms with Gasteiger partial charge in [-0.2, -0.15) is 0 Å². The number of carbonyl (C=O) groups excluding carboxylic acids is 1. The summed E-state index contributed by atoms with van der Waals surface area (Å²) >= 11 is 11.5. The molecule has 1 amide bonds. The monoisotopic (exact) mass is 304 g/mol. The molecule has 0 aliphatic rings. The zero-order chi connectivity index (χ0) is 14.4. The topological polar surface area (TPSA) is 58.1 Å². The van der Waals surface area contributed by atoms with E-state index in [0.717, 1.165) is 19.6 Å². The van der Waals surface area contributed by atoms with Crippen LogP contribution in [-0.2, 0) is 0 Å². The maximum absolute atomic E-state index is 12.0. The summed E-state index contributed by atoms with van der Waals surface area (Å²) in [6.07, 6.45) is 0. The van der Waals surface area contributed by atoms with Crippen LogP contribution in [0, 0.1) is 0 Å². The first kappa shape index (κ1) is 16.1. The van der Waals surface area contributed by atoms with Crippen LogP contribution in [0.5, 0.6) is 0 Å². The molecule has 0 saturated carbocycles. The van der Waals surface area contributed by atoms with Crippen molar-refractivity contribution in [3.05, 3.63) is 21.9 Å². The number of hydrogen-bond donors (Lipinski definition) is 1. The second kappa shape index (κ2) is 7.62. The molecule has 0 bridgehead atoms. The van der Waals surface area contributed by atoms with Crippen LogP contribution in [0.15, 0.2) is 6.07 Å². The Bertz CT molecular complexity index is 438. The number of nitrogens with one attached hydrogen (secondary N) is 1. The molecule has 1 aromatic rings. The van der Waals surface area contributed by atoms with E-state index in [-0.39, 0.29) is 27.8 Å². The Morgan fingerprint density at radius 1 is 1.37 bits per heavy atom. The molecule has 1 rings (SSSR count). The Labute approximate surface area is 123 Å². The molecule has 1 unspecified atom stereocenters. The van der Waals surface area contributed by atoms with Gasteiger partial charge in [0.25, 0.3) is 5.91 Å². The van der Waals surface area contributed by atoms with E-state index in [9.17, 15) is 4.79 Å². The van der Waals surface area contributed by atoms with Crippen LogP contribution < -0.4 is 5.32 Å². The minimum atomic E-state index is -0.290. The predicted octanol–water partition coefficient (Wildman–Crippen LogP) is 2.24. The Kier molecular flexibility index (Phi) is 6.48. The summed E-state index contributed by atoms with van der Waals surface area (Å²) in [5.41, 5.74) is 0.244. The lowest BCUT2D eigenvalue weighted by molar-refractivity contribution is 0.0930. The standard InChI is InChI=1S/C12H18Cl2N4O/c1-4-18(5-2)7-8(3)15-12(19)9-6-10(13)16-17-11(9)14/h6,8H,4-5,7H2,1-3H3,(H,15,19). The van der Waals surface area contributed by atoms with E-state index >= 15 is 0 Å². The van der Waals surface area contributed by atoms with Crippen LogP contribution in [0.1, 0.15) is 31.1 Å². The van der Waals surface area contributed by atoms with Crippen molar-refractivity contribution in [2.45, 2.75) is 26.8 Å². The van der Waals surface area contributed by atoms with E-state index in [1.54, 1.807) is 0 Å². The van der Waals surface area contributed by atoms with E-state index in [1.807, 2.05) is 6.92 Å². The van der Waals surface area contributed by atoms with Crippen molar-refractivity contribution in [1.29, 1.82) is 0 Å². The fourth-order valence-corrected chi connectivity index (χ4v) is 2.05. The second-order valence-electron chi connectivity index (χ2n) is 4.23. The van der Waals surface area contributed by atoms with Gasteiger partial charge in [-0.25, -0.2) is 0 Å². The zero-order valence-corrected chi connectivity index (χ0v) is 12.8. The lowest BCUT2D eigenvalue weighted by atomic mass is 10.2. The molecule has 1 N–H and O–H groups in total. The minimum Gasteiger partial charge on any atom is -0.348 e. The summed E-state index contributed by atoms with van der Waals surface area (Å²) in [5, 5.41) is 10.3. The summed E-state index contributed by atoms with van der Waals surface area (Å²) < 4.78 is 0. The maximum Gasteiger partial charge on any atom is 0.254 e. The molecule has 5 nitrogen and oxygen atoms in total. The third-order valence-electron chi connectivity index (χ3n) is 2.77. The Balaban J connectivity index is 2.66. The average molecular weight is 305 g/mol. The third kappa shape index (κ3) is 4.93. The molecular weight excluding hydrogens is 287 g/mol. The molecule has 19 heavy (non-hydrogen) atoms. The summed E-state index contributed by atoms with van der Waals surface area (Å²) in [7, 11) is 0. The first-order chi connectivity index (χ1) is 8.97. The van der Waals surface area contributed by atoms with Crippen LogP contribution in [0.25, 0.3) is 0 Å². The first-order valence-corrected chi connectivity index (χ1v) is 6.95. The van der Waals surface area contributed by atoms with Crippen LogP contribution in [0.3, 0.4) is 0 Å². The number of carbonyl (C=O) groups is 1. The van der Waals surface area contributed by atoms with Crippen LogP contribution in [-0.4, -0.2) is 46.7 Å². The van der Waals surface area contributed by atoms with Gasteiger partial charge in [0, 0.05) is 12.6 Å². The fourth-order valence-electron chi connectivity index (χ4n) is 1.73. The molecule has 0 aliphatic carbocycles. The highest BCUT2D eigenvalue weighted by Gasteiger charge is 2.16. The molecule has 1 aromatic heterocycles. The number of hydrogen-bond acceptors (Lipinski definition) is 4. The van der Waals surface area contributed by atoms with Gasteiger partial charge < -0.3 is 10.2 Å². The lowest BCUT2D eigenvalue weighted by Gasteiger charge is -2.23. The van der Waals surface area contributed by atoms with E-state index in [2.05, 4.69) is 34.3 Å². The molecule has 0 saturated heterocycles. The molecular formula is C12H18Cl2N4O. The lowest BCUT2D eigenvalue weighted by Crippen LogP contribution is -2.42. The van der Waals surface area contributed by atoms with E-state index in [0.29, 0.717) is 0 Å². The van der Waals surface area contributed by atoms with Crippen molar-refractivity contribution >= 4 is 29.1 Å². The SMILES string of the molecule is CCN(CC)CC(C)NC(=O)c1cc(Cl)nnc1Cl. The molecule has 0 fully saturated rings. The van der Waals surface area contributed by atoms with E-state index < -0.39 is 0 Å². The number of rotatable bonds is 6. The molecule has 0 radical (unpaired) electrons. The van der Waals surface area contributed by atoms with Gasteiger partial charge in [0.05, 0.1) is 5.56 Å². The number of nitrogens with zero attached hydrogens (tertiary/aromatic N) is 3. The van der Waals surface area contributed by atoms with Gasteiger partial charge in [0.15, 0.2) is 10.3 Å². The Morgan fingerprint density at radius 2 is 2.00 bits per heavy atom. The van der Waals surface area contributed by atoms with Gasteiger partial charge in [-0.1, -0.05) is 37.0 Å². The highest BCUT2D eigenvalue weighted by Crippen LogP contribution is 2.15. The van der Waals surface area contributed by atoms with Gasteiger partial charge in [-0.05, 0) is 26.1 Å². The molecule has 7 heteroatoms. The van der Waals surface area contributed by atoms with Crippen molar-refractivity contribution < 1.29 is 4.79 Å². The Hall–Kier alpha value is -0.910. The van der Waals surface area contributed by atoms with E-state index in [1.165, 1.54) is 6.07 Å². The first-order valence-electron chi connectivity index (χ1n) is 6.19. The van der Waals surface area contributed by atoms with Gasteiger partial charge >= 0.3 is 0 Å². The van der Waals surface area contributed by atoms with Crippen LogP contribution in [0.2, 0.25) is 10.3 Å². The summed E-state index contributed by atoms with van der Waals surface area (Å²) in [5.74, 6) is -0.290. The van der Waals surface area contributed by atoms with E-state index in [4.69, 9.17) is 23.2 Å². The molecule has 0 aliphatic heterocycles. The number of likely N-dealkylation sites (N-methyl/N-ethyl adjacent to an activating group) is 1. The van der Waals surface area contributed by atoms with Gasteiger partial charge in [0.1, 0.15) is 0 Å². The second-order valence-corrected chi connectivity index (χ2v) is 4.98. The summed E-state index contributed by atoms with van der Waals surface area (Å²) in [6.45, 7) is 8.78. The van der Waals surface area contributed by atoms with Crippen molar-refractivity contribution in [3.63, 3.8) is 0 Å². The quantitative estimate of drug-likeness (QED) is 0.876. The zero-order valence-electron chi connectivity index (χ0n) is 11.3. The third-order valence-corrected chi connectivity index (χ3v) is 3.23. The molecule has 0 spiro atoms. The van der Waals surface area contributed by atoms with Gasteiger partial charge in [-0.15, -0.1) is 10.2 Å². The number of aromatic nitrogens is 2.